The fraction of sp³-hybridized carbons (Fsp3) is 0.562. The maximum atomic E-state index is 12.4. The topological polar surface area (TPSA) is 95.5 Å². The lowest BCUT2D eigenvalue weighted by Gasteiger charge is -2.29. The first-order chi connectivity index (χ1) is 10.9. The first kappa shape index (κ1) is 17.5. The van der Waals surface area contributed by atoms with Crippen LogP contribution in [0.25, 0.3) is 0 Å². The zero-order valence-corrected chi connectivity index (χ0v) is 13.9. The average Bonchev–Trinajstić information content (AvgIpc) is 3.08. The van der Waals surface area contributed by atoms with Crippen molar-refractivity contribution in [3.63, 3.8) is 0 Å². The molecule has 1 fully saturated rings. The van der Waals surface area contributed by atoms with Crippen LogP contribution in [0.2, 0.25) is 0 Å². The summed E-state index contributed by atoms with van der Waals surface area (Å²) in [7, 11) is 0. The van der Waals surface area contributed by atoms with Crippen molar-refractivity contribution in [3.05, 3.63) is 22.4 Å². The van der Waals surface area contributed by atoms with Gasteiger partial charge in [0.15, 0.2) is 0 Å². The molecular weight excluding hydrogens is 316 g/mol. The first-order valence-electron chi connectivity index (χ1n) is 7.73. The Hall–Kier alpha value is -1.89. The molecule has 1 saturated carbocycles. The largest absolute Gasteiger partial charge is 0.481 e. The van der Waals surface area contributed by atoms with Gasteiger partial charge >= 0.3 is 5.97 Å². The fourth-order valence-corrected chi connectivity index (χ4v) is 3.95. The van der Waals surface area contributed by atoms with E-state index < -0.39 is 11.5 Å². The number of carbonyl (C=O) groups is 3. The predicted octanol–water partition coefficient (Wildman–Crippen LogP) is 2.22. The monoisotopic (exact) mass is 338 g/mol. The van der Waals surface area contributed by atoms with Crippen molar-refractivity contribution < 1.29 is 19.5 Å². The molecule has 0 spiro atoms. The maximum Gasteiger partial charge on any atom is 0.305 e. The Balaban J connectivity index is 2.03. The van der Waals surface area contributed by atoms with Crippen LogP contribution in [-0.4, -0.2) is 28.4 Å². The van der Waals surface area contributed by atoms with Gasteiger partial charge in [-0.05, 0) is 24.3 Å². The van der Waals surface area contributed by atoms with Gasteiger partial charge in [-0.25, -0.2) is 0 Å². The third kappa shape index (κ3) is 5.06. The SMILES string of the molecule is CC(=O)NC(CC(=O)NC1(CC(=O)O)CCCC1)c1cccs1. The van der Waals surface area contributed by atoms with Gasteiger partial charge in [-0.3, -0.25) is 14.4 Å². The van der Waals surface area contributed by atoms with Gasteiger partial charge < -0.3 is 15.7 Å². The third-order valence-corrected chi connectivity index (χ3v) is 5.09. The Morgan fingerprint density at radius 3 is 2.57 bits per heavy atom. The van der Waals surface area contributed by atoms with Crippen LogP contribution in [-0.2, 0) is 14.4 Å². The van der Waals surface area contributed by atoms with E-state index in [-0.39, 0.29) is 30.7 Å². The molecule has 1 unspecified atom stereocenters. The number of carboxylic acid groups (broad SMARTS) is 1. The molecule has 6 nitrogen and oxygen atoms in total. The Bertz CT molecular complexity index is 565. The van der Waals surface area contributed by atoms with E-state index in [4.69, 9.17) is 5.11 Å². The molecule has 23 heavy (non-hydrogen) atoms. The molecule has 7 heteroatoms. The minimum absolute atomic E-state index is 0.0530. The molecule has 1 aliphatic carbocycles. The molecule has 0 radical (unpaired) electrons. The van der Waals surface area contributed by atoms with Crippen molar-refractivity contribution in [3.8, 4) is 0 Å². The standard InChI is InChI=1S/C16H22N2O4S/c1-11(19)17-12(13-5-4-8-23-13)9-14(20)18-16(10-15(21)22)6-2-3-7-16/h4-5,8,12H,2-3,6-7,9-10H2,1H3,(H,17,19)(H,18,20)(H,21,22). The van der Waals surface area contributed by atoms with E-state index in [0.29, 0.717) is 12.8 Å². The number of nitrogens with one attached hydrogen (secondary N) is 2. The molecule has 0 bridgehead atoms. The van der Waals surface area contributed by atoms with Crippen molar-refractivity contribution in [1.82, 2.24) is 10.6 Å². The van der Waals surface area contributed by atoms with E-state index in [1.54, 1.807) is 0 Å². The molecule has 1 aliphatic rings. The maximum absolute atomic E-state index is 12.4. The quantitative estimate of drug-likeness (QED) is 0.710. The van der Waals surface area contributed by atoms with Crippen molar-refractivity contribution in [2.45, 2.75) is 57.0 Å². The molecule has 1 heterocycles. The average molecular weight is 338 g/mol. The van der Waals surface area contributed by atoms with E-state index in [0.717, 1.165) is 17.7 Å². The Kier molecular flexibility index (Phi) is 5.76. The highest BCUT2D eigenvalue weighted by Crippen LogP contribution is 2.33. The number of hydrogen-bond acceptors (Lipinski definition) is 4. The number of aliphatic carboxylic acids is 1. The van der Waals surface area contributed by atoms with Crippen LogP contribution in [0, 0.1) is 0 Å². The normalized spacial score (nSPS) is 17.4. The molecule has 0 aromatic carbocycles. The molecule has 2 rings (SSSR count). The van der Waals surface area contributed by atoms with Gasteiger partial charge in [0.2, 0.25) is 11.8 Å². The van der Waals surface area contributed by atoms with Crippen molar-refractivity contribution in [2.24, 2.45) is 0 Å². The van der Waals surface area contributed by atoms with Crippen molar-refractivity contribution in [2.75, 3.05) is 0 Å². The van der Waals surface area contributed by atoms with Crippen molar-refractivity contribution in [1.29, 1.82) is 0 Å². The molecule has 126 valence electrons. The summed E-state index contributed by atoms with van der Waals surface area (Å²) < 4.78 is 0. The lowest BCUT2D eigenvalue weighted by atomic mass is 9.92. The van der Waals surface area contributed by atoms with Crippen LogP contribution >= 0.6 is 11.3 Å². The molecular formula is C16H22N2O4S. The van der Waals surface area contributed by atoms with Gasteiger partial charge in [-0.2, -0.15) is 0 Å². The Labute approximate surface area is 139 Å². The van der Waals surface area contributed by atoms with E-state index in [2.05, 4.69) is 10.6 Å². The van der Waals surface area contributed by atoms with E-state index >= 15 is 0 Å². The summed E-state index contributed by atoms with van der Waals surface area (Å²) in [6, 6.07) is 3.37. The number of rotatable bonds is 7. The Morgan fingerprint density at radius 1 is 1.35 bits per heavy atom. The predicted molar refractivity (Wildman–Crippen MR) is 87.1 cm³/mol. The number of hydrogen-bond donors (Lipinski definition) is 3. The second kappa shape index (κ2) is 7.59. The molecule has 0 saturated heterocycles. The molecule has 1 atom stereocenters. The van der Waals surface area contributed by atoms with Crippen LogP contribution < -0.4 is 10.6 Å². The highest BCUT2D eigenvalue weighted by molar-refractivity contribution is 7.10. The Morgan fingerprint density at radius 2 is 2.04 bits per heavy atom. The highest BCUT2D eigenvalue weighted by Gasteiger charge is 2.37. The van der Waals surface area contributed by atoms with Crippen LogP contribution in [0.5, 0.6) is 0 Å². The first-order valence-corrected chi connectivity index (χ1v) is 8.61. The molecule has 1 aromatic rings. The summed E-state index contributed by atoms with van der Waals surface area (Å²) in [5.74, 6) is -1.32. The van der Waals surface area contributed by atoms with Gasteiger partial charge in [0, 0.05) is 11.8 Å². The molecule has 2 amide bonds. The number of carbonyl (C=O) groups excluding carboxylic acids is 2. The van der Waals surface area contributed by atoms with Crippen molar-refractivity contribution >= 4 is 29.1 Å². The number of thiophene rings is 1. The lowest BCUT2D eigenvalue weighted by Crippen LogP contribution is -2.48. The second-order valence-corrected chi connectivity index (χ2v) is 7.06. The highest BCUT2D eigenvalue weighted by atomic mass is 32.1. The van der Waals surface area contributed by atoms with Gasteiger partial charge in [-0.1, -0.05) is 18.9 Å². The number of carboxylic acids is 1. The summed E-state index contributed by atoms with van der Waals surface area (Å²) in [4.78, 5) is 35.8. The summed E-state index contributed by atoms with van der Waals surface area (Å²) in [6.45, 7) is 1.42. The summed E-state index contributed by atoms with van der Waals surface area (Å²) in [6.07, 6.45) is 3.29. The molecule has 3 N–H and O–H groups in total. The van der Waals surface area contributed by atoms with E-state index in [1.165, 1.54) is 18.3 Å². The van der Waals surface area contributed by atoms with E-state index in [9.17, 15) is 14.4 Å². The second-order valence-electron chi connectivity index (χ2n) is 6.08. The minimum Gasteiger partial charge on any atom is -0.481 e. The summed E-state index contributed by atoms with van der Waals surface area (Å²) in [5.41, 5.74) is -0.640. The van der Waals surface area contributed by atoms with Gasteiger partial charge in [-0.15, -0.1) is 11.3 Å². The zero-order valence-electron chi connectivity index (χ0n) is 13.1. The number of amides is 2. The summed E-state index contributed by atoms with van der Waals surface area (Å²) in [5, 5.41) is 16.7. The lowest BCUT2D eigenvalue weighted by molar-refractivity contribution is -0.139. The molecule has 0 aliphatic heterocycles. The van der Waals surface area contributed by atoms with Crippen LogP contribution in [0.4, 0.5) is 0 Å². The minimum atomic E-state index is -0.899. The third-order valence-electron chi connectivity index (χ3n) is 4.11. The van der Waals surface area contributed by atoms with Gasteiger partial charge in [0.05, 0.1) is 24.4 Å². The zero-order chi connectivity index (χ0) is 16.9. The van der Waals surface area contributed by atoms with Crippen LogP contribution in [0.1, 0.15) is 56.4 Å². The van der Waals surface area contributed by atoms with E-state index in [1.807, 2.05) is 17.5 Å². The summed E-state index contributed by atoms with van der Waals surface area (Å²) >= 11 is 1.48. The smallest absolute Gasteiger partial charge is 0.305 e. The van der Waals surface area contributed by atoms with Crippen LogP contribution in [0.15, 0.2) is 17.5 Å². The van der Waals surface area contributed by atoms with Gasteiger partial charge in [0.1, 0.15) is 0 Å². The fourth-order valence-electron chi connectivity index (χ4n) is 3.18. The molecule has 1 aromatic heterocycles. The van der Waals surface area contributed by atoms with Gasteiger partial charge in [0.25, 0.3) is 0 Å². The van der Waals surface area contributed by atoms with Crippen LogP contribution in [0.3, 0.4) is 0 Å².